The largest absolute Gasteiger partial charge is 0.330 e. The van der Waals surface area contributed by atoms with Gasteiger partial charge >= 0.3 is 11.5 Å². The van der Waals surface area contributed by atoms with Crippen molar-refractivity contribution in [2.45, 2.75) is 40.5 Å². The SMILES string of the molecule is Cc1cc(C)c(C(C)C)c(C)[o+]1. The maximum Gasteiger partial charge on any atom is 0.330 e. The Bertz CT molecular complexity index is 264. The molecule has 0 radical (unpaired) electrons. The van der Waals surface area contributed by atoms with E-state index in [0.717, 1.165) is 11.5 Å². The van der Waals surface area contributed by atoms with Gasteiger partial charge in [0.05, 0.1) is 19.4 Å². The van der Waals surface area contributed by atoms with Crippen LogP contribution in [-0.2, 0) is 0 Å². The molecular weight excluding hydrogens is 148 g/mol. The summed E-state index contributed by atoms with van der Waals surface area (Å²) in [5.41, 5.74) is 2.69. The van der Waals surface area contributed by atoms with Crippen molar-refractivity contribution in [1.82, 2.24) is 0 Å². The predicted molar refractivity (Wildman–Crippen MR) is 51.4 cm³/mol. The molecule has 0 spiro atoms. The Labute approximate surface area is 74.4 Å². The molecule has 0 bridgehead atoms. The van der Waals surface area contributed by atoms with E-state index in [1.165, 1.54) is 11.1 Å². The quantitative estimate of drug-likeness (QED) is 0.578. The second-order valence-electron chi connectivity index (χ2n) is 3.66. The minimum atomic E-state index is 0.550. The molecule has 0 atom stereocenters. The summed E-state index contributed by atoms with van der Waals surface area (Å²) in [6, 6.07) is 2.10. The van der Waals surface area contributed by atoms with Gasteiger partial charge in [0.25, 0.3) is 0 Å². The van der Waals surface area contributed by atoms with Gasteiger partial charge in [0.15, 0.2) is 0 Å². The van der Waals surface area contributed by atoms with Gasteiger partial charge < -0.3 is 0 Å². The van der Waals surface area contributed by atoms with Crippen molar-refractivity contribution in [2.75, 3.05) is 0 Å². The van der Waals surface area contributed by atoms with Crippen LogP contribution in [0.1, 0.15) is 42.4 Å². The van der Waals surface area contributed by atoms with Crippen molar-refractivity contribution in [3.63, 3.8) is 0 Å². The molecule has 66 valence electrons. The maximum absolute atomic E-state index is 5.55. The number of rotatable bonds is 1. The zero-order chi connectivity index (χ0) is 9.30. The lowest BCUT2D eigenvalue weighted by atomic mass is 9.98. The van der Waals surface area contributed by atoms with Crippen LogP contribution >= 0.6 is 0 Å². The normalized spacial score (nSPS) is 10.8. The first-order valence-corrected chi connectivity index (χ1v) is 4.43. The van der Waals surface area contributed by atoms with Crippen molar-refractivity contribution in [2.24, 2.45) is 0 Å². The molecule has 0 saturated heterocycles. The van der Waals surface area contributed by atoms with Crippen molar-refractivity contribution >= 4 is 0 Å². The summed E-state index contributed by atoms with van der Waals surface area (Å²) in [5, 5.41) is 0. The first-order chi connectivity index (χ1) is 5.52. The Morgan fingerprint density at radius 3 is 2.17 bits per heavy atom. The average Bonchev–Trinajstić information content (AvgIpc) is 1.82. The van der Waals surface area contributed by atoms with Crippen LogP contribution < -0.4 is 0 Å². The lowest BCUT2D eigenvalue weighted by molar-refractivity contribution is 0.472. The number of hydrogen-bond donors (Lipinski definition) is 0. The van der Waals surface area contributed by atoms with E-state index in [1.807, 2.05) is 13.8 Å². The summed E-state index contributed by atoms with van der Waals surface area (Å²) >= 11 is 0. The van der Waals surface area contributed by atoms with E-state index in [4.69, 9.17) is 4.42 Å². The molecule has 0 aliphatic carbocycles. The van der Waals surface area contributed by atoms with Crippen LogP contribution in [0.25, 0.3) is 0 Å². The molecule has 0 fully saturated rings. The van der Waals surface area contributed by atoms with Gasteiger partial charge in [-0.25, -0.2) is 4.42 Å². The third kappa shape index (κ3) is 1.66. The van der Waals surface area contributed by atoms with Gasteiger partial charge in [-0.15, -0.1) is 0 Å². The van der Waals surface area contributed by atoms with Crippen LogP contribution in [0, 0.1) is 20.8 Å². The van der Waals surface area contributed by atoms with Crippen molar-refractivity contribution in [3.8, 4) is 0 Å². The van der Waals surface area contributed by atoms with Crippen LogP contribution in [0.3, 0.4) is 0 Å². The van der Waals surface area contributed by atoms with E-state index < -0.39 is 0 Å². The Balaban J connectivity index is 3.28. The first-order valence-electron chi connectivity index (χ1n) is 4.43. The minimum Gasteiger partial charge on any atom is -0.218 e. The van der Waals surface area contributed by atoms with Crippen molar-refractivity contribution in [3.05, 3.63) is 28.7 Å². The van der Waals surface area contributed by atoms with Gasteiger partial charge in [-0.05, 0) is 18.4 Å². The van der Waals surface area contributed by atoms with Gasteiger partial charge in [0.2, 0.25) is 0 Å². The Morgan fingerprint density at radius 2 is 1.75 bits per heavy atom. The zero-order valence-electron chi connectivity index (χ0n) is 8.56. The van der Waals surface area contributed by atoms with E-state index in [-0.39, 0.29) is 0 Å². The van der Waals surface area contributed by atoms with E-state index in [9.17, 15) is 0 Å². The summed E-state index contributed by atoms with van der Waals surface area (Å²) in [6.07, 6.45) is 0. The Kier molecular flexibility index (Phi) is 2.51. The van der Waals surface area contributed by atoms with Gasteiger partial charge in [0.1, 0.15) is 0 Å². The highest BCUT2D eigenvalue weighted by Gasteiger charge is 2.17. The summed E-state index contributed by atoms with van der Waals surface area (Å²) < 4.78 is 5.55. The highest BCUT2D eigenvalue weighted by Crippen LogP contribution is 2.23. The van der Waals surface area contributed by atoms with Crippen LogP contribution in [-0.4, -0.2) is 0 Å². The highest BCUT2D eigenvalue weighted by molar-refractivity contribution is 5.30. The van der Waals surface area contributed by atoms with Crippen molar-refractivity contribution in [1.29, 1.82) is 0 Å². The van der Waals surface area contributed by atoms with Crippen LogP contribution in [0.2, 0.25) is 0 Å². The third-order valence-corrected chi connectivity index (χ3v) is 2.12. The van der Waals surface area contributed by atoms with Gasteiger partial charge in [0, 0.05) is 6.07 Å². The molecule has 1 aromatic rings. The average molecular weight is 165 g/mol. The third-order valence-electron chi connectivity index (χ3n) is 2.12. The fourth-order valence-electron chi connectivity index (χ4n) is 1.85. The Hall–Kier alpha value is -0.850. The highest BCUT2D eigenvalue weighted by atomic mass is 16.3. The molecule has 1 heteroatoms. The zero-order valence-corrected chi connectivity index (χ0v) is 8.56. The van der Waals surface area contributed by atoms with E-state index in [1.54, 1.807) is 0 Å². The molecular formula is C11H17O+. The molecule has 0 aromatic carbocycles. The smallest absolute Gasteiger partial charge is 0.218 e. The summed E-state index contributed by atoms with van der Waals surface area (Å²) in [7, 11) is 0. The molecule has 0 aliphatic rings. The Morgan fingerprint density at radius 1 is 1.17 bits per heavy atom. The van der Waals surface area contributed by atoms with Crippen LogP contribution in [0.15, 0.2) is 10.5 Å². The van der Waals surface area contributed by atoms with Crippen LogP contribution in [0.5, 0.6) is 0 Å². The second-order valence-corrected chi connectivity index (χ2v) is 3.66. The standard InChI is InChI=1S/C11H17O/c1-7(2)11-8(3)6-9(4)12-10(11)5/h6-7H,1-5H3/q+1. The number of hydrogen-bond acceptors (Lipinski definition) is 0. The predicted octanol–water partition coefficient (Wildman–Crippen LogP) is 3.61. The summed E-state index contributed by atoms with van der Waals surface area (Å²) in [4.78, 5) is 0. The molecule has 0 saturated carbocycles. The number of aryl methyl sites for hydroxylation is 3. The summed E-state index contributed by atoms with van der Waals surface area (Å²) in [5.74, 6) is 2.60. The van der Waals surface area contributed by atoms with E-state index >= 15 is 0 Å². The molecule has 1 aromatic heterocycles. The first kappa shape index (κ1) is 9.24. The molecule has 0 aliphatic heterocycles. The maximum atomic E-state index is 5.55. The fraction of sp³-hybridized carbons (Fsp3) is 0.545. The molecule has 1 rings (SSSR count). The molecule has 0 N–H and O–H groups in total. The molecule has 0 amide bonds. The lowest BCUT2D eigenvalue weighted by Gasteiger charge is -2.05. The molecule has 0 unspecified atom stereocenters. The van der Waals surface area contributed by atoms with Gasteiger partial charge in [-0.1, -0.05) is 13.8 Å². The molecule has 1 nitrogen and oxygen atoms in total. The minimum absolute atomic E-state index is 0.550. The van der Waals surface area contributed by atoms with E-state index in [2.05, 4.69) is 26.8 Å². The topological polar surface area (TPSA) is 11.3 Å². The lowest BCUT2D eigenvalue weighted by Crippen LogP contribution is -1.96. The van der Waals surface area contributed by atoms with Crippen molar-refractivity contribution < 1.29 is 4.42 Å². The van der Waals surface area contributed by atoms with Gasteiger partial charge in [-0.2, -0.15) is 0 Å². The monoisotopic (exact) mass is 165 g/mol. The summed E-state index contributed by atoms with van der Waals surface area (Å²) in [6.45, 7) is 10.6. The van der Waals surface area contributed by atoms with E-state index in [0.29, 0.717) is 5.92 Å². The fourth-order valence-corrected chi connectivity index (χ4v) is 1.85. The van der Waals surface area contributed by atoms with Gasteiger partial charge in [-0.3, -0.25) is 0 Å². The molecule has 12 heavy (non-hydrogen) atoms. The molecule has 1 heterocycles. The van der Waals surface area contributed by atoms with Crippen LogP contribution in [0.4, 0.5) is 0 Å². The second kappa shape index (κ2) is 3.26.